The van der Waals surface area contributed by atoms with Crippen LogP contribution < -0.4 is 10.2 Å². The normalized spacial score (nSPS) is 24.3. The quantitative estimate of drug-likeness (QED) is 0.577. The highest BCUT2D eigenvalue weighted by atomic mass is 19.1. The summed E-state index contributed by atoms with van der Waals surface area (Å²) in [4.78, 5) is 25.7. The van der Waals surface area contributed by atoms with Crippen LogP contribution in [0.25, 0.3) is 0 Å². The van der Waals surface area contributed by atoms with Gasteiger partial charge in [0, 0.05) is 24.0 Å². The van der Waals surface area contributed by atoms with E-state index in [4.69, 9.17) is 9.84 Å². The third-order valence-electron chi connectivity index (χ3n) is 7.40. The number of halogens is 1. The summed E-state index contributed by atoms with van der Waals surface area (Å²) in [6.07, 6.45) is 5.03. The summed E-state index contributed by atoms with van der Waals surface area (Å²) < 4.78 is 19.9. The number of benzene rings is 2. The lowest BCUT2D eigenvalue weighted by Gasteiger charge is -2.53. The van der Waals surface area contributed by atoms with Crippen molar-refractivity contribution in [2.75, 3.05) is 4.90 Å². The Kier molecular flexibility index (Phi) is 5.83. The van der Waals surface area contributed by atoms with E-state index < -0.39 is 12.1 Å². The molecule has 3 unspecified atom stereocenters. The molecule has 1 heterocycles. The molecule has 2 fully saturated rings. The Bertz CT molecular complexity index is 1040. The van der Waals surface area contributed by atoms with Crippen LogP contribution in [0.1, 0.15) is 62.1 Å². The van der Waals surface area contributed by atoms with Gasteiger partial charge in [0.2, 0.25) is 0 Å². The number of hydrogen-bond donors (Lipinski definition) is 2. The number of ether oxygens (including phenoxy) is 1. The second-order valence-corrected chi connectivity index (χ2v) is 9.57. The van der Waals surface area contributed by atoms with E-state index in [-0.39, 0.29) is 42.4 Å². The monoisotopic (exact) mass is 452 g/mol. The number of carbonyl (C=O) groups excluding carboxylic acids is 1. The average Bonchev–Trinajstić information content (AvgIpc) is 3.53. The molecule has 5 rings (SSSR count). The number of nitrogens with one attached hydrogen (secondary N) is 1. The Morgan fingerprint density at radius 3 is 2.61 bits per heavy atom. The summed E-state index contributed by atoms with van der Waals surface area (Å²) in [5.74, 6) is -0.925. The molecule has 0 bridgehead atoms. The van der Waals surface area contributed by atoms with Crippen molar-refractivity contribution in [1.29, 1.82) is 0 Å². The van der Waals surface area contributed by atoms with E-state index in [0.717, 1.165) is 43.2 Å². The standard InChI is InChI=1S/C26H29FN2O4/c27-18-8-9-20-22(15-18)29(25(32)33-16-17-5-2-1-3-6-17)21-11-10-19(21)24(20)28-26(13-14-26)12-4-7-23(30)31/h1-3,5-6,8-9,15,19,21,24,28H,4,7,10-14,16H2,(H,30,31). The molecule has 0 radical (unpaired) electrons. The number of anilines is 1. The molecule has 3 aliphatic rings. The Morgan fingerprint density at radius 1 is 1.15 bits per heavy atom. The maximum atomic E-state index is 14.3. The van der Waals surface area contributed by atoms with Gasteiger partial charge in [0.25, 0.3) is 0 Å². The maximum Gasteiger partial charge on any atom is 0.414 e. The average molecular weight is 453 g/mol. The van der Waals surface area contributed by atoms with Crippen molar-refractivity contribution in [3.05, 3.63) is 65.5 Å². The van der Waals surface area contributed by atoms with Crippen molar-refractivity contribution < 1.29 is 23.8 Å². The highest BCUT2D eigenvalue weighted by Gasteiger charge is 2.53. The van der Waals surface area contributed by atoms with Crippen LogP contribution in [0.5, 0.6) is 0 Å². The molecule has 2 aromatic rings. The van der Waals surface area contributed by atoms with Crippen LogP contribution in [0.3, 0.4) is 0 Å². The topological polar surface area (TPSA) is 78.9 Å². The summed E-state index contributed by atoms with van der Waals surface area (Å²) in [5.41, 5.74) is 2.34. The number of nitrogens with zero attached hydrogens (tertiary/aromatic N) is 1. The first-order valence-corrected chi connectivity index (χ1v) is 11.7. The third-order valence-corrected chi connectivity index (χ3v) is 7.40. The van der Waals surface area contributed by atoms with Gasteiger partial charge in [-0.25, -0.2) is 9.18 Å². The SMILES string of the molecule is O=C(O)CCCC1(NC2c3ccc(F)cc3N(C(=O)OCc3ccccc3)C3CCC23)CC1. The number of hydrogen-bond acceptors (Lipinski definition) is 4. The second kappa shape index (κ2) is 8.78. The molecule has 2 saturated carbocycles. The molecule has 2 N–H and O–H groups in total. The molecule has 174 valence electrons. The molecule has 0 spiro atoms. The molecule has 0 saturated heterocycles. The van der Waals surface area contributed by atoms with Crippen LogP contribution in [0, 0.1) is 11.7 Å². The van der Waals surface area contributed by atoms with Crippen molar-refractivity contribution in [2.24, 2.45) is 5.92 Å². The Balaban J connectivity index is 1.36. The zero-order valence-corrected chi connectivity index (χ0v) is 18.5. The lowest BCUT2D eigenvalue weighted by atomic mass is 9.68. The molecule has 1 amide bonds. The first-order chi connectivity index (χ1) is 16.0. The van der Waals surface area contributed by atoms with Gasteiger partial charge in [-0.15, -0.1) is 0 Å². The molecule has 3 atom stereocenters. The largest absolute Gasteiger partial charge is 0.481 e. The first kappa shape index (κ1) is 21.9. The minimum atomic E-state index is -0.770. The van der Waals surface area contributed by atoms with Crippen LogP contribution in [0.15, 0.2) is 48.5 Å². The van der Waals surface area contributed by atoms with E-state index in [1.165, 1.54) is 12.1 Å². The van der Waals surface area contributed by atoms with Crippen molar-refractivity contribution >= 4 is 17.7 Å². The van der Waals surface area contributed by atoms with Crippen LogP contribution in [0.4, 0.5) is 14.9 Å². The highest BCUT2D eigenvalue weighted by molar-refractivity contribution is 5.90. The predicted octanol–water partition coefficient (Wildman–Crippen LogP) is 5.18. The van der Waals surface area contributed by atoms with Gasteiger partial charge in [0.1, 0.15) is 12.4 Å². The molecule has 2 aliphatic carbocycles. The molecular formula is C26H29FN2O4. The van der Waals surface area contributed by atoms with Gasteiger partial charge < -0.3 is 15.2 Å². The van der Waals surface area contributed by atoms with E-state index in [9.17, 15) is 14.0 Å². The van der Waals surface area contributed by atoms with Gasteiger partial charge in [-0.05, 0) is 67.7 Å². The Morgan fingerprint density at radius 2 is 1.94 bits per heavy atom. The van der Waals surface area contributed by atoms with Crippen molar-refractivity contribution in [3.63, 3.8) is 0 Å². The molecule has 0 aromatic heterocycles. The first-order valence-electron chi connectivity index (χ1n) is 11.7. The van der Waals surface area contributed by atoms with Crippen LogP contribution >= 0.6 is 0 Å². The number of rotatable bonds is 8. The molecule has 33 heavy (non-hydrogen) atoms. The molecule has 6 nitrogen and oxygen atoms in total. The van der Waals surface area contributed by atoms with E-state index in [1.807, 2.05) is 30.3 Å². The summed E-state index contributed by atoms with van der Waals surface area (Å²) in [7, 11) is 0. The van der Waals surface area contributed by atoms with E-state index in [0.29, 0.717) is 12.1 Å². The minimum Gasteiger partial charge on any atom is -0.481 e. The van der Waals surface area contributed by atoms with Gasteiger partial charge in [0.15, 0.2) is 0 Å². The summed E-state index contributed by atoms with van der Waals surface area (Å²) in [6.45, 7) is 0.173. The van der Waals surface area contributed by atoms with E-state index >= 15 is 0 Å². The van der Waals surface area contributed by atoms with Crippen LogP contribution in [0.2, 0.25) is 0 Å². The number of aliphatic carboxylic acids is 1. The van der Waals surface area contributed by atoms with Gasteiger partial charge in [-0.1, -0.05) is 36.4 Å². The van der Waals surface area contributed by atoms with Crippen LogP contribution in [-0.2, 0) is 16.1 Å². The van der Waals surface area contributed by atoms with Gasteiger partial charge in [0.05, 0.1) is 5.69 Å². The number of amides is 1. The number of fused-ring (bicyclic) bond motifs is 2. The fourth-order valence-electron chi connectivity index (χ4n) is 5.35. The minimum absolute atomic E-state index is 0.0184. The molecule has 1 aliphatic heterocycles. The van der Waals surface area contributed by atoms with Gasteiger partial charge >= 0.3 is 12.1 Å². The molecular weight excluding hydrogens is 423 g/mol. The predicted molar refractivity (Wildman–Crippen MR) is 121 cm³/mol. The molecule has 7 heteroatoms. The Hall–Kier alpha value is -2.93. The van der Waals surface area contributed by atoms with E-state index in [1.54, 1.807) is 11.0 Å². The zero-order chi connectivity index (χ0) is 23.0. The summed E-state index contributed by atoms with van der Waals surface area (Å²) >= 11 is 0. The second-order valence-electron chi connectivity index (χ2n) is 9.57. The summed E-state index contributed by atoms with van der Waals surface area (Å²) in [5, 5.41) is 12.8. The number of carboxylic acid groups (broad SMARTS) is 1. The number of carbonyl (C=O) groups is 2. The summed E-state index contributed by atoms with van der Waals surface area (Å²) in [6, 6.07) is 14.2. The van der Waals surface area contributed by atoms with E-state index in [2.05, 4.69) is 5.32 Å². The molecule has 2 aromatic carbocycles. The van der Waals surface area contributed by atoms with Crippen LogP contribution in [-0.4, -0.2) is 28.7 Å². The van der Waals surface area contributed by atoms with Gasteiger partial charge in [-0.3, -0.25) is 9.69 Å². The number of carboxylic acids is 1. The van der Waals surface area contributed by atoms with Crippen molar-refractivity contribution in [2.45, 2.75) is 69.2 Å². The van der Waals surface area contributed by atoms with Gasteiger partial charge in [-0.2, -0.15) is 0 Å². The van der Waals surface area contributed by atoms with Crippen molar-refractivity contribution in [3.8, 4) is 0 Å². The fraction of sp³-hybridized carbons (Fsp3) is 0.462. The third kappa shape index (κ3) is 4.47. The lowest BCUT2D eigenvalue weighted by molar-refractivity contribution is -0.137. The highest BCUT2D eigenvalue weighted by Crippen LogP contribution is 2.53. The maximum absolute atomic E-state index is 14.3. The Labute approximate surface area is 192 Å². The fourth-order valence-corrected chi connectivity index (χ4v) is 5.35. The zero-order valence-electron chi connectivity index (χ0n) is 18.5. The smallest absolute Gasteiger partial charge is 0.414 e. The lowest BCUT2D eigenvalue weighted by Crippen LogP contribution is -2.59. The van der Waals surface area contributed by atoms with Crippen molar-refractivity contribution in [1.82, 2.24) is 5.32 Å².